The van der Waals surface area contributed by atoms with Gasteiger partial charge in [-0.3, -0.25) is 0 Å². The lowest BCUT2D eigenvalue weighted by Gasteiger charge is -2.09. The first-order valence-electron chi connectivity index (χ1n) is 5.49. The third kappa shape index (κ3) is 2.11. The highest BCUT2D eigenvalue weighted by atomic mass is 14.2. The lowest BCUT2D eigenvalue weighted by molar-refractivity contribution is 1.44. The van der Waals surface area contributed by atoms with Gasteiger partial charge in [-0.15, -0.1) is 0 Å². The molecular formula is C16H13N. The highest BCUT2D eigenvalue weighted by molar-refractivity contribution is 5.77. The minimum atomic E-state index is 0.664. The summed E-state index contributed by atoms with van der Waals surface area (Å²) < 4.78 is 0. The first-order chi connectivity index (χ1) is 8.26. The number of hydrogen-bond donors (Lipinski definition) is 0. The van der Waals surface area contributed by atoms with Gasteiger partial charge in [-0.25, -0.2) is 0 Å². The average Bonchev–Trinajstić information content (AvgIpc) is 2.38. The third-order valence-electron chi connectivity index (χ3n) is 2.84. The summed E-state index contributed by atoms with van der Waals surface area (Å²) in [6.45, 7) is 5.90. The van der Waals surface area contributed by atoms with Crippen molar-refractivity contribution in [3.05, 3.63) is 65.7 Å². The highest BCUT2D eigenvalue weighted by Gasteiger charge is 2.05. The lowest BCUT2D eigenvalue weighted by Crippen LogP contribution is -1.88. The van der Waals surface area contributed by atoms with Crippen molar-refractivity contribution in [1.29, 1.82) is 5.26 Å². The number of benzene rings is 2. The van der Waals surface area contributed by atoms with Gasteiger partial charge in [0.2, 0.25) is 0 Å². The standard InChI is InChI=1S/C16H13N/c1-3-14-10-13(11-17)8-9-16(14)15-7-5-4-6-12(15)2/h3-10H,1H2,2H3. The van der Waals surface area contributed by atoms with Gasteiger partial charge in [0.15, 0.2) is 0 Å². The maximum Gasteiger partial charge on any atom is 0.0991 e. The summed E-state index contributed by atoms with van der Waals surface area (Å²) in [6.07, 6.45) is 1.79. The molecular weight excluding hydrogens is 206 g/mol. The van der Waals surface area contributed by atoms with Gasteiger partial charge in [-0.05, 0) is 41.3 Å². The average molecular weight is 219 g/mol. The molecule has 2 aromatic rings. The van der Waals surface area contributed by atoms with Crippen molar-refractivity contribution in [2.45, 2.75) is 6.92 Å². The molecule has 0 bridgehead atoms. The Morgan fingerprint density at radius 1 is 1.12 bits per heavy atom. The third-order valence-corrected chi connectivity index (χ3v) is 2.84. The summed E-state index contributed by atoms with van der Waals surface area (Å²) in [4.78, 5) is 0. The second kappa shape index (κ2) is 4.67. The van der Waals surface area contributed by atoms with E-state index in [1.165, 1.54) is 11.1 Å². The van der Waals surface area contributed by atoms with Crippen molar-refractivity contribution in [1.82, 2.24) is 0 Å². The van der Waals surface area contributed by atoms with Crippen molar-refractivity contribution in [2.75, 3.05) is 0 Å². The van der Waals surface area contributed by atoms with Gasteiger partial charge in [0.1, 0.15) is 0 Å². The summed E-state index contributed by atoms with van der Waals surface area (Å²) >= 11 is 0. The molecule has 2 rings (SSSR count). The maximum atomic E-state index is 8.89. The minimum absolute atomic E-state index is 0.664. The SMILES string of the molecule is C=Cc1cc(C#N)ccc1-c1ccccc1C. The molecule has 0 aromatic heterocycles. The molecule has 1 nitrogen and oxygen atoms in total. The van der Waals surface area contributed by atoms with Crippen LogP contribution in [-0.2, 0) is 0 Å². The molecule has 2 aromatic carbocycles. The van der Waals surface area contributed by atoms with Crippen molar-refractivity contribution >= 4 is 6.08 Å². The first-order valence-corrected chi connectivity index (χ1v) is 5.49. The van der Waals surface area contributed by atoms with Crippen molar-refractivity contribution in [3.8, 4) is 17.2 Å². The topological polar surface area (TPSA) is 23.8 Å². The van der Waals surface area contributed by atoms with Gasteiger partial charge < -0.3 is 0 Å². The molecule has 0 aliphatic carbocycles. The van der Waals surface area contributed by atoms with E-state index < -0.39 is 0 Å². The molecule has 0 amide bonds. The van der Waals surface area contributed by atoms with E-state index in [0.29, 0.717) is 5.56 Å². The van der Waals surface area contributed by atoms with Crippen LogP contribution in [0.3, 0.4) is 0 Å². The van der Waals surface area contributed by atoms with Gasteiger partial charge in [0.25, 0.3) is 0 Å². The second-order valence-corrected chi connectivity index (χ2v) is 3.93. The highest BCUT2D eigenvalue weighted by Crippen LogP contribution is 2.28. The number of aryl methyl sites for hydroxylation is 1. The van der Waals surface area contributed by atoms with Crippen LogP contribution in [0.2, 0.25) is 0 Å². The molecule has 0 atom stereocenters. The Labute approximate surface area is 102 Å². The van der Waals surface area contributed by atoms with Gasteiger partial charge in [-0.2, -0.15) is 5.26 Å². The Hall–Kier alpha value is -2.33. The Bertz CT molecular complexity index is 603. The van der Waals surface area contributed by atoms with Crippen LogP contribution >= 0.6 is 0 Å². The van der Waals surface area contributed by atoms with Gasteiger partial charge in [0, 0.05) is 0 Å². The predicted molar refractivity (Wildman–Crippen MR) is 71.4 cm³/mol. The second-order valence-electron chi connectivity index (χ2n) is 3.93. The molecule has 0 fully saturated rings. The number of nitriles is 1. The van der Waals surface area contributed by atoms with E-state index in [0.717, 1.165) is 11.1 Å². The summed E-state index contributed by atoms with van der Waals surface area (Å²) in [5, 5.41) is 8.89. The predicted octanol–water partition coefficient (Wildman–Crippen LogP) is 4.18. The van der Waals surface area contributed by atoms with E-state index in [4.69, 9.17) is 5.26 Å². The Morgan fingerprint density at radius 3 is 2.53 bits per heavy atom. The van der Waals surface area contributed by atoms with Crippen LogP contribution in [0.1, 0.15) is 16.7 Å². The fourth-order valence-corrected chi connectivity index (χ4v) is 1.92. The summed E-state index contributed by atoms with van der Waals surface area (Å²) in [6, 6.07) is 16.1. The molecule has 0 heterocycles. The molecule has 0 spiro atoms. The van der Waals surface area contributed by atoms with Gasteiger partial charge in [-0.1, -0.05) is 43.0 Å². The Balaban J connectivity index is 2.65. The molecule has 1 heteroatoms. The zero-order valence-electron chi connectivity index (χ0n) is 9.77. The normalized spacial score (nSPS) is 9.65. The molecule has 17 heavy (non-hydrogen) atoms. The van der Waals surface area contributed by atoms with Gasteiger partial charge in [0.05, 0.1) is 11.6 Å². The molecule has 0 saturated carbocycles. The zero-order chi connectivity index (χ0) is 12.3. The quantitative estimate of drug-likeness (QED) is 0.743. The van der Waals surface area contributed by atoms with Gasteiger partial charge >= 0.3 is 0 Å². The fourth-order valence-electron chi connectivity index (χ4n) is 1.92. The molecule has 0 radical (unpaired) electrons. The monoisotopic (exact) mass is 219 g/mol. The van der Waals surface area contributed by atoms with E-state index >= 15 is 0 Å². The van der Waals surface area contributed by atoms with Crippen LogP contribution < -0.4 is 0 Å². The van der Waals surface area contributed by atoms with Crippen LogP contribution in [0.5, 0.6) is 0 Å². The van der Waals surface area contributed by atoms with Crippen LogP contribution in [0.15, 0.2) is 49.0 Å². The number of rotatable bonds is 2. The largest absolute Gasteiger partial charge is 0.192 e. The molecule has 0 aliphatic heterocycles. The molecule has 0 saturated heterocycles. The number of hydrogen-bond acceptors (Lipinski definition) is 1. The van der Waals surface area contributed by atoms with Crippen LogP contribution in [0.4, 0.5) is 0 Å². The first kappa shape index (κ1) is 11.2. The summed E-state index contributed by atoms with van der Waals surface area (Å²) in [5.74, 6) is 0. The van der Waals surface area contributed by atoms with E-state index in [2.05, 4.69) is 31.7 Å². The van der Waals surface area contributed by atoms with Crippen LogP contribution in [0.25, 0.3) is 17.2 Å². The number of nitrogens with zero attached hydrogens (tertiary/aromatic N) is 1. The van der Waals surface area contributed by atoms with E-state index in [1.54, 1.807) is 6.08 Å². The van der Waals surface area contributed by atoms with Crippen molar-refractivity contribution in [3.63, 3.8) is 0 Å². The molecule has 0 unspecified atom stereocenters. The summed E-state index contributed by atoms with van der Waals surface area (Å²) in [7, 11) is 0. The van der Waals surface area contributed by atoms with Crippen LogP contribution in [-0.4, -0.2) is 0 Å². The summed E-state index contributed by atoms with van der Waals surface area (Å²) in [5.41, 5.74) is 5.19. The maximum absolute atomic E-state index is 8.89. The minimum Gasteiger partial charge on any atom is -0.192 e. The molecule has 0 aliphatic rings. The van der Waals surface area contributed by atoms with Crippen molar-refractivity contribution < 1.29 is 0 Å². The van der Waals surface area contributed by atoms with Crippen LogP contribution in [0, 0.1) is 18.3 Å². The van der Waals surface area contributed by atoms with Crippen molar-refractivity contribution in [2.24, 2.45) is 0 Å². The fraction of sp³-hybridized carbons (Fsp3) is 0.0625. The lowest BCUT2D eigenvalue weighted by atomic mass is 9.95. The smallest absolute Gasteiger partial charge is 0.0991 e. The Kier molecular flexibility index (Phi) is 3.07. The van der Waals surface area contributed by atoms with E-state index in [1.807, 2.05) is 30.3 Å². The Morgan fingerprint density at radius 2 is 1.88 bits per heavy atom. The van der Waals surface area contributed by atoms with E-state index in [9.17, 15) is 0 Å². The molecule has 0 N–H and O–H groups in total. The van der Waals surface area contributed by atoms with E-state index in [-0.39, 0.29) is 0 Å². The molecule has 82 valence electrons. The zero-order valence-corrected chi connectivity index (χ0v) is 9.77.